The molecule has 0 bridgehead atoms. The SMILES string of the molecule is Cn1cc(/C=N/NC(=O)c2ccc3ccccc3n2)cn1. The highest BCUT2D eigenvalue weighted by molar-refractivity contribution is 5.95. The normalized spacial score (nSPS) is 11.1. The highest BCUT2D eigenvalue weighted by Crippen LogP contribution is 2.11. The van der Waals surface area contributed by atoms with Gasteiger partial charge in [0.05, 0.1) is 17.9 Å². The number of amides is 1. The molecule has 6 heteroatoms. The van der Waals surface area contributed by atoms with Crippen molar-refractivity contribution in [3.8, 4) is 0 Å². The molecule has 0 aliphatic rings. The second kappa shape index (κ2) is 5.54. The third-order valence-electron chi connectivity index (χ3n) is 2.94. The summed E-state index contributed by atoms with van der Waals surface area (Å²) in [5, 5.41) is 8.89. The zero-order chi connectivity index (χ0) is 14.7. The van der Waals surface area contributed by atoms with E-state index in [1.54, 1.807) is 23.1 Å². The summed E-state index contributed by atoms with van der Waals surface area (Å²) >= 11 is 0. The van der Waals surface area contributed by atoms with Gasteiger partial charge in [-0.1, -0.05) is 24.3 Å². The third-order valence-corrected chi connectivity index (χ3v) is 2.94. The molecule has 104 valence electrons. The molecule has 0 saturated heterocycles. The highest BCUT2D eigenvalue weighted by Gasteiger charge is 2.06. The Morgan fingerprint density at radius 2 is 2.14 bits per heavy atom. The standard InChI is InChI=1S/C15H13N5O/c1-20-10-11(9-17-20)8-16-19-15(21)14-7-6-12-4-2-3-5-13(12)18-14/h2-10H,1H3,(H,19,21)/b16-8+. The number of para-hydroxylation sites is 1. The number of carbonyl (C=O) groups excluding carboxylic acids is 1. The van der Waals surface area contributed by atoms with E-state index in [0.717, 1.165) is 16.5 Å². The lowest BCUT2D eigenvalue weighted by Crippen LogP contribution is -2.18. The number of benzene rings is 1. The summed E-state index contributed by atoms with van der Waals surface area (Å²) in [6, 6.07) is 11.2. The molecule has 0 fully saturated rings. The number of hydrogen-bond donors (Lipinski definition) is 1. The molecule has 0 atom stereocenters. The topological polar surface area (TPSA) is 72.2 Å². The highest BCUT2D eigenvalue weighted by atomic mass is 16.2. The zero-order valence-electron chi connectivity index (χ0n) is 11.4. The van der Waals surface area contributed by atoms with Crippen LogP contribution in [0.15, 0.2) is 53.9 Å². The van der Waals surface area contributed by atoms with E-state index in [4.69, 9.17) is 0 Å². The van der Waals surface area contributed by atoms with Crippen molar-refractivity contribution >= 4 is 23.0 Å². The first kappa shape index (κ1) is 13.0. The number of aryl methyl sites for hydroxylation is 1. The van der Waals surface area contributed by atoms with Crippen LogP contribution in [0.1, 0.15) is 16.1 Å². The Bertz CT molecular complexity index is 822. The van der Waals surface area contributed by atoms with E-state index in [0.29, 0.717) is 5.69 Å². The van der Waals surface area contributed by atoms with Crippen LogP contribution in [0.5, 0.6) is 0 Å². The molecule has 6 nitrogen and oxygen atoms in total. The Morgan fingerprint density at radius 3 is 2.95 bits per heavy atom. The summed E-state index contributed by atoms with van der Waals surface area (Å²) in [5.74, 6) is -0.346. The molecule has 1 amide bonds. The molecule has 0 spiro atoms. The minimum Gasteiger partial charge on any atom is -0.275 e. The molecule has 0 unspecified atom stereocenters. The van der Waals surface area contributed by atoms with E-state index in [-0.39, 0.29) is 5.91 Å². The maximum Gasteiger partial charge on any atom is 0.289 e. The van der Waals surface area contributed by atoms with Gasteiger partial charge in [0, 0.05) is 24.2 Å². The van der Waals surface area contributed by atoms with Gasteiger partial charge in [0.2, 0.25) is 0 Å². The smallest absolute Gasteiger partial charge is 0.275 e. The minimum absolute atomic E-state index is 0.331. The van der Waals surface area contributed by atoms with Gasteiger partial charge in [-0.05, 0) is 12.1 Å². The quantitative estimate of drug-likeness (QED) is 0.586. The van der Waals surface area contributed by atoms with Crippen molar-refractivity contribution in [3.05, 3.63) is 60.0 Å². The van der Waals surface area contributed by atoms with E-state index in [2.05, 4.69) is 20.6 Å². The summed E-state index contributed by atoms with van der Waals surface area (Å²) in [6.07, 6.45) is 4.99. The second-order valence-corrected chi connectivity index (χ2v) is 4.54. The summed E-state index contributed by atoms with van der Waals surface area (Å²) in [7, 11) is 1.81. The first-order chi connectivity index (χ1) is 10.2. The third kappa shape index (κ3) is 2.94. The number of aromatic nitrogens is 3. The zero-order valence-corrected chi connectivity index (χ0v) is 11.4. The second-order valence-electron chi connectivity index (χ2n) is 4.54. The molecule has 1 N–H and O–H groups in total. The summed E-state index contributed by atoms with van der Waals surface area (Å²) < 4.78 is 1.66. The van der Waals surface area contributed by atoms with Gasteiger partial charge in [-0.25, -0.2) is 10.4 Å². The van der Waals surface area contributed by atoms with Gasteiger partial charge in [-0.15, -0.1) is 0 Å². The molecule has 1 aromatic carbocycles. The van der Waals surface area contributed by atoms with Crippen molar-refractivity contribution < 1.29 is 4.79 Å². The van der Waals surface area contributed by atoms with Gasteiger partial charge >= 0.3 is 0 Å². The monoisotopic (exact) mass is 279 g/mol. The van der Waals surface area contributed by atoms with E-state index in [9.17, 15) is 4.79 Å². The van der Waals surface area contributed by atoms with E-state index < -0.39 is 0 Å². The van der Waals surface area contributed by atoms with Crippen molar-refractivity contribution in [3.63, 3.8) is 0 Å². The first-order valence-electron chi connectivity index (χ1n) is 6.40. The molecule has 0 aliphatic heterocycles. The minimum atomic E-state index is -0.346. The van der Waals surface area contributed by atoms with Crippen LogP contribution in [0.3, 0.4) is 0 Å². The van der Waals surface area contributed by atoms with E-state index in [1.165, 1.54) is 6.21 Å². The predicted molar refractivity (Wildman–Crippen MR) is 80.0 cm³/mol. The number of nitrogens with one attached hydrogen (secondary N) is 1. The predicted octanol–water partition coefficient (Wildman–Crippen LogP) is 1.73. The molecule has 0 radical (unpaired) electrons. The number of hydrogen-bond acceptors (Lipinski definition) is 4. The molecular weight excluding hydrogens is 266 g/mol. The summed E-state index contributed by atoms with van der Waals surface area (Å²) in [6.45, 7) is 0. The van der Waals surface area contributed by atoms with Gasteiger partial charge < -0.3 is 0 Å². The lowest BCUT2D eigenvalue weighted by molar-refractivity contribution is 0.0950. The average molecular weight is 279 g/mol. The molecular formula is C15H13N5O. The Balaban J connectivity index is 1.73. The number of carbonyl (C=O) groups is 1. The van der Waals surface area contributed by atoms with Crippen LogP contribution in [0.2, 0.25) is 0 Å². The van der Waals surface area contributed by atoms with Crippen molar-refractivity contribution in [2.45, 2.75) is 0 Å². The van der Waals surface area contributed by atoms with E-state index >= 15 is 0 Å². The van der Waals surface area contributed by atoms with Gasteiger partial charge in [0.1, 0.15) is 5.69 Å². The fraction of sp³-hybridized carbons (Fsp3) is 0.0667. The summed E-state index contributed by atoms with van der Waals surface area (Å²) in [5.41, 5.74) is 4.37. The van der Waals surface area contributed by atoms with Crippen LogP contribution < -0.4 is 5.43 Å². The molecule has 21 heavy (non-hydrogen) atoms. The molecule has 3 rings (SSSR count). The van der Waals surface area contributed by atoms with Gasteiger partial charge in [0.25, 0.3) is 5.91 Å². The maximum atomic E-state index is 12.0. The number of fused-ring (bicyclic) bond motifs is 1. The lowest BCUT2D eigenvalue weighted by atomic mass is 10.2. The molecule has 3 aromatic rings. The Morgan fingerprint density at radius 1 is 1.29 bits per heavy atom. The fourth-order valence-corrected chi connectivity index (χ4v) is 1.92. The van der Waals surface area contributed by atoms with Crippen LogP contribution >= 0.6 is 0 Å². The largest absolute Gasteiger partial charge is 0.289 e. The maximum absolute atomic E-state index is 12.0. The molecule has 2 heterocycles. The Kier molecular flexibility index (Phi) is 3.42. The van der Waals surface area contributed by atoms with Crippen LogP contribution in [0, 0.1) is 0 Å². The van der Waals surface area contributed by atoms with Crippen LogP contribution in [0.25, 0.3) is 10.9 Å². The molecule has 2 aromatic heterocycles. The first-order valence-corrected chi connectivity index (χ1v) is 6.40. The van der Waals surface area contributed by atoms with Crippen molar-refractivity contribution in [1.29, 1.82) is 0 Å². The van der Waals surface area contributed by atoms with Crippen LogP contribution in [0.4, 0.5) is 0 Å². The fourth-order valence-electron chi connectivity index (χ4n) is 1.92. The van der Waals surface area contributed by atoms with E-state index in [1.807, 2.05) is 37.4 Å². The number of hydrazone groups is 1. The number of nitrogens with zero attached hydrogens (tertiary/aromatic N) is 4. The number of pyridine rings is 1. The molecule has 0 saturated carbocycles. The average Bonchev–Trinajstić information content (AvgIpc) is 2.92. The van der Waals surface area contributed by atoms with Gasteiger partial charge in [-0.2, -0.15) is 10.2 Å². The lowest BCUT2D eigenvalue weighted by Gasteiger charge is -2.01. The summed E-state index contributed by atoms with van der Waals surface area (Å²) in [4.78, 5) is 16.3. The van der Waals surface area contributed by atoms with Crippen molar-refractivity contribution in [2.24, 2.45) is 12.1 Å². The van der Waals surface area contributed by atoms with Crippen LogP contribution in [-0.4, -0.2) is 26.9 Å². The number of rotatable bonds is 3. The Labute approximate surface area is 121 Å². The van der Waals surface area contributed by atoms with Gasteiger partial charge in [-0.3, -0.25) is 9.48 Å². The Hall–Kier alpha value is -3.02. The van der Waals surface area contributed by atoms with Crippen LogP contribution in [-0.2, 0) is 7.05 Å². The van der Waals surface area contributed by atoms with Gasteiger partial charge in [0.15, 0.2) is 0 Å². The van der Waals surface area contributed by atoms with Crippen molar-refractivity contribution in [2.75, 3.05) is 0 Å². The molecule has 0 aliphatic carbocycles. The van der Waals surface area contributed by atoms with Crippen molar-refractivity contribution in [1.82, 2.24) is 20.2 Å².